The van der Waals surface area contributed by atoms with Crippen molar-refractivity contribution < 1.29 is 13.2 Å². The molecule has 3 rings (SSSR count). The van der Waals surface area contributed by atoms with Crippen LogP contribution in [-0.4, -0.2) is 31.5 Å². The zero-order valence-corrected chi connectivity index (χ0v) is 10.9. The first-order chi connectivity index (χ1) is 10.0. The van der Waals surface area contributed by atoms with Crippen LogP contribution in [0.1, 0.15) is 17.2 Å². The average Bonchev–Trinajstić information content (AvgIpc) is 2.90. The molecule has 0 aromatic carbocycles. The Balaban J connectivity index is 1.90. The van der Waals surface area contributed by atoms with E-state index in [2.05, 4.69) is 20.4 Å². The third-order valence-corrected chi connectivity index (χ3v) is 3.31. The predicted octanol–water partition coefficient (Wildman–Crippen LogP) is 0.566. The van der Waals surface area contributed by atoms with E-state index in [9.17, 15) is 13.2 Å². The van der Waals surface area contributed by atoms with Crippen LogP contribution < -0.4 is 10.6 Å². The van der Waals surface area contributed by atoms with Gasteiger partial charge in [0.05, 0.1) is 12.7 Å². The molecule has 2 N–H and O–H groups in total. The molecule has 7 nitrogen and oxygen atoms in total. The Labute approximate surface area is 117 Å². The molecule has 10 heteroatoms. The van der Waals surface area contributed by atoms with Gasteiger partial charge in [0.25, 0.3) is 0 Å². The van der Waals surface area contributed by atoms with Gasteiger partial charge in [0.1, 0.15) is 0 Å². The Hall–Kier alpha value is -2.23. The molecule has 0 amide bonds. The molecule has 0 unspecified atom stereocenters. The molecule has 0 saturated heterocycles. The summed E-state index contributed by atoms with van der Waals surface area (Å²) in [5.41, 5.74) is 6.42. The highest BCUT2D eigenvalue weighted by molar-refractivity contribution is 5.46. The maximum Gasteiger partial charge on any atom is 0.451 e. The number of anilines is 1. The third kappa shape index (κ3) is 2.42. The number of fused-ring (bicyclic) bond motifs is 1. The van der Waals surface area contributed by atoms with E-state index in [0.29, 0.717) is 12.4 Å². The van der Waals surface area contributed by atoms with Crippen LogP contribution in [0.3, 0.4) is 0 Å². The van der Waals surface area contributed by atoms with Crippen molar-refractivity contribution in [3.05, 3.63) is 29.5 Å². The zero-order chi connectivity index (χ0) is 15.0. The van der Waals surface area contributed by atoms with Crippen LogP contribution in [0.4, 0.5) is 19.0 Å². The van der Waals surface area contributed by atoms with E-state index >= 15 is 0 Å². The van der Waals surface area contributed by atoms with Crippen molar-refractivity contribution in [3.63, 3.8) is 0 Å². The van der Waals surface area contributed by atoms with Crippen molar-refractivity contribution in [2.45, 2.75) is 25.8 Å². The van der Waals surface area contributed by atoms with Gasteiger partial charge in [-0.05, 0) is 6.07 Å². The second kappa shape index (κ2) is 4.95. The van der Waals surface area contributed by atoms with Gasteiger partial charge in [0, 0.05) is 25.2 Å². The molecule has 1 aliphatic heterocycles. The van der Waals surface area contributed by atoms with Crippen LogP contribution in [0.2, 0.25) is 0 Å². The van der Waals surface area contributed by atoms with Gasteiger partial charge in [-0.3, -0.25) is 0 Å². The lowest BCUT2D eigenvalue weighted by molar-refractivity contribution is -0.147. The smallest absolute Gasteiger partial charge is 0.346 e. The number of nitrogens with two attached hydrogens (primary N) is 1. The molecular weight excluding hydrogens is 287 g/mol. The number of alkyl halides is 3. The first-order valence-corrected chi connectivity index (χ1v) is 6.25. The lowest BCUT2D eigenvalue weighted by Gasteiger charge is -2.29. The summed E-state index contributed by atoms with van der Waals surface area (Å²) in [7, 11) is 0. The monoisotopic (exact) mass is 299 g/mol. The Morgan fingerprint density at radius 2 is 2.00 bits per heavy atom. The van der Waals surface area contributed by atoms with Crippen molar-refractivity contribution >= 4 is 5.82 Å². The molecule has 112 valence electrons. The molecule has 0 radical (unpaired) electrons. The van der Waals surface area contributed by atoms with Crippen molar-refractivity contribution in [2.24, 2.45) is 5.73 Å². The SMILES string of the molecule is NCc1ccnnc1N1CCn2c(nnc2C(F)(F)F)C1. The fourth-order valence-electron chi connectivity index (χ4n) is 2.32. The van der Waals surface area contributed by atoms with Gasteiger partial charge in [0.2, 0.25) is 5.82 Å². The third-order valence-electron chi connectivity index (χ3n) is 3.31. The number of nitrogens with zero attached hydrogens (tertiary/aromatic N) is 6. The van der Waals surface area contributed by atoms with Gasteiger partial charge in [-0.15, -0.1) is 15.3 Å². The molecule has 3 heterocycles. The highest BCUT2D eigenvalue weighted by Crippen LogP contribution is 2.30. The van der Waals surface area contributed by atoms with Crippen LogP contribution in [0, 0.1) is 0 Å². The van der Waals surface area contributed by atoms with Gasteiger partial charge >= 0.3 is 6.18 Å². The maximum absolute atomic E-state index is 12.8. The quantitative estimate of drug-likeness (QED) is 0.872. The summed E-state index contributed by atoms with van der Waals surface area (Å²) in [5.74, 6) is -0.139. The van der Waals surface area contributed by atoms with E-state index in [4.69, 9.17) is 5.73 Å². The molecule has 0 atom stereocenters. The van der Waals surface area contributed by atoms with Gasteiger partial charge in [-0.2, -0.15) is 18.3 Å². The first kappa shape index (κ1) is 13.7. The fraction of sp³-hybridized carbons (Fsp3) is 0.455. The highest BCUT2D eigenvalue weighted by atomic mass is 19.4. The van der Waals surface area contributed by atoms with Gasteiger partial charge in [-0.1, -0.05) is 0 Å². The van der Waals surface area contributed by atoms with Crippen LogP contribution in [0.15, 0.2) is 12.3 Å². The summed E-state index contributed by atoms with van der Waals surface area (Å²) in [6, 6.07) is 1.74. The van der Waals surface area contributed by atoms with Crippen LogP contribution >= 0.6 is 0 Å². The minimum absolute atomic E-state index is 0.137. The molecule has 0 saturated carbocycles. The van der Waals surface area contributed by atoms with E-state index in [0.717, 1.165) is 10.1 Å². The van der Waals surface area contributed by atoms with Crippen molar-refractivity contribution in [1.82, 2.24) is 25.0 Å². The first-order valence-electron chi connectivity index (χ1n) is 6.25. The van der Waals surface area contributed by atoms with E-state index in [1.165, 1.54) is 6.20 Å². The van der Waals surface area contributed by atoms with Crippen LogP contribution in [0.25, 0.3) is 0 Å². The van der Waals surface area contributed by atoms with E-state index in [1.807, 2.05) is 0 Å². The summed E-state index contributed by atoms with van der Waals surface area (Å²) in [4.78, 5) is 1.80. The normalized spacial score (nSPS) is 15.1. The summed E-state index contributed by atoms with van der Waals surface area (Å²) in [6.07, 6.45) is -2.97. The minimum Gasteiger partial charge on any atom is -0.346 e. The number of hydrogen-bond donors (Lipinski definition) is 1. The largest absolute Gasteiger partial charge is 0.451 e. The van der Waals surface area contributed by atoms with Crippen LogP contribution in [0.5, 0.6) is 0 Å². The van der Waals surface area contributed by atoms with E-state index in [-0.39, 0.29) is 25.5 Å². The van der Waals surface area contributed by atoms with Crippen LogP contribution in [-0.2, 0) is 25.8 Å². The fourth-order valence-corrected chi connectivity index (χ4v) is 2.32. The highest BCUT2D eigenvalue weighted by Gasteiger charge is 2.39. The lowest BCUT2D eigenvalue weighted by atomic mass is 10.2. The van der Waals surface area contributed by atoms with E-state index in [1.54, 1.807) is 11.0 Å². The van der Waals surface area contributed by atoms with Gasteiger partial charge in [0.15, 0.2) is 11.6 Å². The Morgan fingerprint density at radius 1 is 1.19 bits per heavy atom. The number of rotatable bonds is 2. The predicted molar refractivity (Wildman–Crippen MR) is 66.0 cm³/mol. The second-order valence-electron chi connectivity index (χ2n) is 4.59. The van der Waals surface area contributed by atoms with Crippen molar-refractivity contribution in [3.8, 4) is 0 Å². The molecule has 21 heavy (non-hydrogen) atoms. The maximum atomic E-state index is 12.8. The Bertz CT molecular complexity index is 652. The summed E-state index contributed by atoms with van der Waals surface area (Å²) in [6.45, 7) is 0.966. The molecule has 2 aromatic heterocycles. The number of hydrogen-bond acceptors (Lipinski definition) is 6. The van der Waals surface area contributed by atoms with Crippen molar-refractivity contribution in [1.29, 1.82) is 0 Å². The van der Waals surface area contributed by atoms with Crippen molar-refractivity contribution in [2.75, 3.05) is 11.4 Å². The second-order valence-corrected chi connectivity index (χ2v) is 4.59. The number of halogens is 3. The molecule has 0 fully saturated rings. The number of aromatic nitrogens is 5. The summed E-state index contributed by atoms with van der Waals surface area (Å²) < 4.78 is 39.4. The van der Waals surface area contributed by atoms with Gasteiger partial charge in [-0.25, -0.2) is 0 Å². The molecule has 1 aliphatic rings. The topological polar surface area (TPSA) is 85.8 Å². The zero-order valence-electron chi connectivity index (χ0n) is 10.9. The standard InChI is InChI=1S/C11H12F3N7/c12-11(13,14)10-19-17-8-6-20(3-4-21(8)10)9-7(5-15)1-2-16-18-9/h1-2H,3-6,15H2. The van der Waals surface area contributed by atoms with Gasteiger partial charge < -0.3 is 15.2 Å². The summed E-state index contributed by atoms with van der Waals surface area (Å²) in [5, 5.41) is 14.7. The summed E-state index contributed by atoms with van der Waals surface area (Å²) >= 11 is 0. The molecular formula is C11H12F3N7. The molecule has 2 aromatic rings. The molecule has 0 aliphatic carbocycles. The Kier molecular flexibility index (Phi) is 3.24. The average molecular weight is 299 g/mol. The minimum atomic E-state index is -4.50. The molecule has 0 bridgehead atoms. The van der Waals surface area contributed by atoms with E-state index < -0.39 is 12.0 Å². The Morgan fingerprint density at radius 3 is 2.71 bits per heavy atom. The molecule has 0 spiro atoms. The lowest BCUT2D eigenvalue weighted by Crippen LogP contribution is -2.36.